The molecule has 0 bridgehead atoms. The highest BCUT2D eigenvalue weighted by Crippen LogP contribution is 2.28. The number of rotatable bonds is 5. The Bertz CT molecular complexity index is 405. The minimum atomic E-state index is -0.277. The Morgan fingerprint density at radius 1 is 1.44 bits per heavy atom. The number of aliphatic hydroxyl groups excluding tert-OH is 1. The normalized spacial score (nSPS) is 22.9. The average Bonchev–Trinajstić information content (AvgIpc) is 2.30. The van der Waals surface area contributed by atoms with Gasteiger partial charge in [-0.3, -0.25) is 0 Å². The molecule has 100 valence electrons. The third-order valence-corrected chi connectivity index (χ3v) is 3.48. The van der Waals surface area contributed by atoms with Crippen LogP contribution in [-0.4, -0.2) is 36.8 Å². The van der Waals surface area contributed by atoms with Gasteiger partial charge in [0, 0.05) is 18.7 Å². The molecule has 1 aliphatic carbocycles. The smallest absolute Gasteiger partial charge is 0.169 e. The second-order valence-corrected chi connectivity index (χ2v) is 5.12. The van der Waals surface area contributed by atoms with Crippen molar-refractivity contribution in [2.75, 3.05) is 20.7 Å². The molecule has 1 saturated carbocycles. The molecule has 0 spiro atoms. The van der Waals surface area contributed by atoms with Crippen LogP contribution in [-0.2, 0) is 6.54 Å². The number of halogens is 1. The molecule has 1 aromatic carbocycles. The molecule has 0 unspecified atom stereocenters. The van der Waals surface area contributed by atoms with E-state index in [9.17, 15) is 9.50 Å². The van der Waals surface area contributed by atoms with Crippen LogP contribution in [0, 0.1) is 11.7 Å². The Morgan fingerprint density at radius 2 is 2.17 bits per heavy atom. The molecule has 1 N–H and O–H groups in total. The summed E-state index contributed by atoms with van der Waals surface area (Å²) < 4.78 is 18.9. The van der Waals surface area contributed by atoms with E-state index in [1.807, 2.05) is 7.05 Å². The first kappa shape index (κ1) is 13.3. The molecule has 0 heterocycles. The number of hydrogen-bond acceptors (Lipinski definition) is 3. The summed E-state index contributed by atoms with van der Waals surface area (Å²) in [6.07, 6.45) is 1.60. The number of benzene rings is 1. The maximum absolute atomic E-state index is 13.9. The standard InChI is InChI=1S/C14H20FNO2/c1-16(8-10-6-12(17)7-10)9-11-4-3-5-13(18-2)14(11)15/h3-5,10,12,17H,6-9H2,1-2H3. The highest BCUT2D eigenvalue weighted by Gasteiger charge is 2.28. The third-order valence-electron chi connectivity index (χ3n) is 3.48. The SMILES string of the molecule is COc1cccc(CN(C)CC2CC(O)C2)c1F. The Balaban J connectivity index is 1.92. The minimum absolute atomic E-state index is 0.128. The largest absolute Gasteiger partial charge is 0.494 e. The molecule has 1 fully saturated rings. The zero-order chi connectivity index (χ0) is 13.1. The summed E-state index contributed by atoms with van der Waals surface area (Å²) in [6.45, 7) is 1.46. The number of aliphatic hydroxyl groups is 1. The van der Waals surface area contributed by atoms with E-state index >= 15 is 0 Å². The molecule has 0 radical (unpaired) electrons. The summed E-state index contributed by atoms with van der Waals surface area (Å²) in [5.41, 5.74) is 0.650. The van der Waals surface area contributed by atoms with Gasteiger partial charge in [0.15, 0.2) is 11.6 Å². The number of nitrogens with zero attached hydrogens (tertiary/aromatic N) is 1. The first-order valence-electron chi connectivity index (χ1n) is 6.28. The van der Waals surface area contributed by atoms with Gasteiger partial charge in [0.1, 0.15) is 0 Å². The van der Waals surface area contributed by atoms with Crippen LogP contribution in [0.15, 0.2) is 18.2 Å². The maximum atomic E-state index is 13.9. The second kappa shape index (κ2) is 5.67. The number of methoxy groups -OCH3 is 1. The molecule has 1 aromatic rings. The lowest BCUT2D eigenvalue weighted by molar-refractivity contribution is 0.0272. The first-order chi connectivity index (χ1) is 8.60. The Kier molecular flexibility index (Phi) is 4.19. The molecule has 0 amide bonds. The van der Waals surface area contributed by atoms with Crippen LogP contribution >= 0.6 is 0 Å². The summed E-state index contributed by atoms with van der Waals surface area (Å²) in [7, 11) is 3.45. The average molecular weight is 253 g/mol. The summed E-state index contributed by atoms with van der Waals surface area (Å²) >= 11 is 0. The van der Waals surface area contributed by atoms with Crippen molar-refractivity contribution in [2.45, 2.75) is 25.5 Å². The van der Waals surface area contributed by atoms with Crippen LogP contribution < -0.4 is 4.74 Å². The monoisotopic (exact) mass is 253 g/mol. The van der Waals surface area contributed by atoms with Gasteiger partial charge in [-0.2, -0.15) is 0 Å². The van der Waals surface area contributed by atoms with E-state index in [1.165, 1.54) is 7.11 Å². The first-order valence-corrected chi connectivity index (χ1v) is 6.28. The predicted octanol–water partition coefficient (Wildman–Crippen LogP) is 2.04. The lowest BCUT2D eigenvalue weighted by Crippen LogP contribution is -2.36. The van der Waals surface area contributed by atoms with Crippen LogP contribution in [0.2, 0.25) is 0 Å². The maximum Gasteiger partial charge on any atom is 0.169 e. The molecule has 3 nitrogen and oxygen atoms in total. The van der Waals surface area contributed by atoms with Crippen molar-refractivity contribution in [3.8, 4) is 5.75 Å². The third kappa shape index (κ3) is 3.00. The molecule has 4 heteroatoms. The summed E-state index contributed by atoms with van der Waals surface area (Å²) in [6, 6.07) is 5.21. The van der Waals surface area contributed by atoms with E-state index in [2.05, 4.69) is 4.90 Å². The molecule has 0 atom stereocenters. The summed E-state index contributed by atoms with van der Waals surface area (Å²) in [4.78, 5) is 2.09. The van der Waals surface area contributed by atoms with Crippen molar-refractivity contribution in [1.82, 2.24) is 4.90 Å². The topological polar surface area (TPSA) is 32.7 Å². The molecule has 0 aliphatic heterocycles. The van der Waals surface area contributed by atoms with Gasteiger partial charge in [0.2, 0.25) is 0 Å². The number of hydrogen-bond donors (Lipinski definition) is 1. The zero-order valence-electron chi connectivity index (χ0n) is 10.9. The fourth-order valence-electron chi connectivity index (χ4n) is 2.48. The van der Waals surface area contributed by atoms with Crippen molar-refractivity contribution in [2.24, 2.45) is 5.92 Å². The van der Waals surface area contributed by atoms with Crippen LogP contribution in [0.4, 0.5) is 4.39 Å². The number of ether oxygens (including phenoxy) is 1. The van der Waals surface area contributed by atoms with Gasteiger partial charge < -0.3 is 14.7 Å². The van der Waals surface area contributed by atoms with E-state index in [4.69, 9.17) is 4.74 Å². The highest BCUT2D eigenvalue weighted by atomic mass is 19.1. The molecule has 18 heavy (non-hydrogen) atoms. The van der Waals surface area contributed by atoms with Crippen molar-refractivity contribution < 1.29 is 14.2 Å². The van der Waals surface area contributed by atoms with E-state index in [0.29, 0.717) is 23.8 Å². The van der Waals surface area contributed by atoms with Gasteiger partial charge in [-0.25, -0.2) is 4.39 Å². The van der Waals surface area contributed by atoms with E-state index < -0.39 is 0 Å². The van der Waals surface area contributed by atoms with E-state index in [-0.39, 0.29) is 11.9 Å². The van der Waals surface area contributed by atoms with Gasteiger partial charge in [-0.05, 0) is 31.9 Å². The zero-order valence-corrected chi connectivity index (χ0v) is 10.9. The van der Waals surface area contributed by atoms with Crippen LogP contribution in [0.25, 0.3) is 0 Å². The van der Waals surface area contributed by atoms with E-state index in [1.54, 1.807) is 18.2 Å². The van der Waals surface area contributed by atoms with Gasteiger partial charge in [0.25, 0.3) is 0 Å². The predicted molar refractivity (Wildman–Crippen MR) is 68.0 cm³/mol. The van der Waals surface area contributed by atoms with Gasteiger partial charge in [0.05, 0.1) is 13.2 Å². The summed E-state index contributed by atoms with van der Waals surface area (Å²) in [5, 5.41) is 9.24. The van der Waals surface area contributed by atoms with Crippen LogP contribution in [0.5, 0.6) is 5.75 Å². The fraction of sp³-hybridized carbons (Fsp3) is 0.571. The Hall–Kier alpha value is -1.13. The Labute approximate surface area is 107 Å². The van der Waals surface area contributed by atoms with Crippen molar-refractivity contribution in [3.05, 3.63) is 29.6 Å². The molecular weight excluding hydrogens is 233 g/mol. The van der Waals surface area contributed by atoms with E-state index in [0.717, 1.165) is 19.4 Å². The van der Waals surface area contributed by atoms with Crippen molar-refractivity contribution in [3.63, 3.8) is 0 Å². The lowest BCUT2D eigenvalue weighted by atomic mass is 9.82. The Morgan fingerprint density at radius 3 is 2.78 bits per heavy atom. The highest BCUT2D eigenvalue weighted by molar-refractivity contribution is 5.30. The summed E-state index contributed by atoms with van der Waals surface area (Å²) in [5.74, 6) is 0.555. The van der Waals surface area contributed by atoms with Crippen LogP contribution in [0.3, 0.4) is 0 Å². The molecule has 0 aromatic heterocycles. The molecule has 0 saturated heterocycles. The fourth-order valence-corrected chi connectivity index (χ4v) is 2.48. The van der Waals surface area contributed by atoms with Gasteiger partial charge in [-0.1, -0.05) is 12.1 Å². The molecule has 1 aliphatic rings. The minimum Gasteiger partial charge on any atom is -0.494 e. The van der Waals surface area contributed by atoms with Crippen molar-refractivity contribution >= 4 is 0 Å². The molecular formula is C14H20FNO2. The van der Waals surface area contributed by atoms with Gasteiger partial charge in [-0.15, -0.1) is 0 Å². The second-order valence-electron chi connectivity index (χ2n) is 5.12. The lowest BCUT2D eigenvalue weighted by Gasteiger charge is -2.34. The van der Waals surface area contributed by atoms with Gasteiger partial charge >= 0.3 is 0 Å². The quantitative estimate of drug-likeness (QED) is 0.871. The van der Waals surface area contributed by atoms with Crippen LogP contribution in [0.1, 0.15) is 18.4 Å². The van der Waals surface area contributed by atoms with Crippen molar-refractivity contribution in [1.29, 1.82) is 0 Å². The molecule has 2 rings (SSSR count).